The number of ether oxygens (including phenoxy) is 1. The van der Waals surface area contributed by atoms with Gasteiger partial charge in [-0.1, -0.05) is 6.42 Å². The van der Waals surface area contributed by atoms with Gasteiger partial charge in [-0.2, -0.15) is 0 Å². The maximum absolute atomic E-state index is 10.1. The average Bonchev–Trinajstić information content (AvgIpc) is 3.25. The number of aromatic hydroxyl groups is 2. The van der Waals surface area contributed by atoms with Crippen molar-refractivity contribution >= 4 is 0 Å². The number of aliphatic hydroxyl groups excluding tert-OH is 1. The second-order valence-electron chi connectivity index (χ2n) is 7.32. The van der Waals surface area contributed by atoms with Gasteiger partial charge >= 0.3 is 0 Å². The second kappa shape index (κ2) is 9.06. The quantitative estimate of drug-likeness (QED) is 0.765. The van der Waals surface area contributed by atoms with Gasteiger partial charge in [-0.3, -0.25) is 9.88 Å². The zero-order valence-corrected chi connectivity index (χ0v) is 15.7. The van der Waals surface area contributed by atoms with Gasteiger partial charge in [-0.15, -0.1) is 0 Å². The SMILES string of the molecule is COc1ccc(O)cc1.Oc1ccc(C(O)CN2C[C@H]3CCC[C@H]3C2)nc1. The van der Waals surface area contributed by atoms with Crippen molar-refractivity contribution in [2.24, 2.45) is 11.8 Å². The normalized spacial score (nSPS) is 22.6. The van der Waals surface area contributed by atoms with Crippen LogP contribution in [0.2, 0.25) is 0 Å². The molecule has 0 amide bonds. The first-order chi connectivity index (χ1) is 13.0. The number of fused-ring (bicyclic) bond motifs is 1. The summed E-state index contributed by atoms with van der Waals surface area (Å²) >= 11 is 0. The summed E-state index contributed by atoms with van der Waals surface area (Å²) in [5, 5.41) is 28.1. The molecule has 27 heavy (non-hydrogen) atoms. The molecule has 4 rings (SSSR count). The Bertz CT molecular complexity index is 693. The first kappa shape index (κ1) is 19.5. The highest BCUT2D eigenvalue weighted by Gasteiger charge is 2.36. The van der Waals surface area contributed by atoms with E-state index in [1.807, 2.05) is 0 Å². The molecule has 0 bridgehead atoms. The minimum absolute atomic E-state index is 0.140. The van der Waals surface area contributed by atoms with Crippen LogP contribution in [0.15, 0.2) is 42.6 Å². The van der Waals surface area contributed by atoms with Crippen molar-refractivity contribution in [2.75, 3.05) is 26.7 Å². The van der Waals surface area contributed by atoms with Crippen LogP contribution < -0.4 is 4.74 Å². The molecule has 6 heteroatoms. The molecule has 3 atom stereocenters. The van der Waals surface area contributed by atoms with Crippen molar-refractivity contribution in [3.8, 4) is 17.2 Å². The van der Waals surface area contributed by atoms with Crippen LogP contribution in [0.3, 0.4) is 0 Å². The fourth-order valence-corrected chi connectivity index (χ4v) is 4.00. The van der Waals surface area contributed by atoms with Gasteiger partial charge < -0.3 is 20.1 Å². The lowest BCUT2D eigenvalue weighted by Gasteiger charge is -2.20. The average molecular weight is 372 g/mol. The summed E-state index contributed by atoms with van der Waals surface area (Å²) in [6.45, 7) is 2.91. The van der Waals surface area contributed by atoms with Crippen molar-refractivity contribution in [2.45, 2.75) is 25.4 Å². The number of hydrogen-bond donors (Lipinski definition) is 3. The molecule has 2 fully saturated rings. The minimum Gasteiger partial charge on any atom is -0.508 e. The number of pyridine rings is 1. The molecule has 1 saturated heterocycles. The summed E-state index contributed by atoms with van der Waals surface area (Å²) in [7, 11) is 1.59. The van der Waals surface area contributed by atoms with E-state index < -0.39 is 6.10 Å². The Hall–Kier alpha value is -2.31. The molecule has 0 radical (unpaired) electrons. The van der Waals surface area contributed by atoms with Crippen molar-refractivity contribution in [3.63, 3.8) is 0 Å². The van der Waals surface area contributed by atoms with E-state index in [2.05, 4.69) is 9.88 Å². The molecule has 6 nitrogen and oxygen atoms in total. The Morgan fingerprint density at radius 2 is 1.67 bits per heavy atom. The molecular weight excluding hydrogens is 344 g/mol. The van der Waals surface area contributed by atoms with E-state index >= 15 is 0 Å². The largest absolute Gasteiger partial charge is 0.508 e. The number of β-amino-alcohol motifs (C(OH)–C–C–N with tert-alkyl or cyclic N) is 1. The molecule has 2 aromatic rings. The van der Waals surface area contributed by atoms with E-state index in [4.69, 9.17) is 9.84 Å². The summed E-state index contributed by atoms with van der Waals surface area (Å²) in [5.41, 5.74) is 0.643. The maximum atomic E-state index is 10.1. The first-order valence-corrected chi connectivity index (χ1v) is 9.43. The molecule has 1 aromatic carbocycles. The number of nitrogens with zero attached hydrogens (tertiary/aromatic N) is 2. The van der Waals surface area contributed by atoms with Crippen LogP contribution in [0.1, 0.15) is 31.1 Å². The first-order valence-electron chi connectivity index (χ1n) is 9.43. The summed E-state index contributed by atoms with van der Waals surface area (Å²) in [4.78, 5) is 6.42. The van der Waals surface area contributed by atoms with Crippen LogP contribution in [0, 0.1) is 11.8 Å². The van der Waals surface area contributed by atoms with Crippen molar-refractivity contribution < 1.29 is 20.1 Å². The summed E-state index contributed by atoms with van der Waals surface area (Å²) in [6.07, 6.45) is 4.93. The third kappa shape index (κ3) is 5.34. The van der Waals surface area contributed by atoms with E-state index in [1.165, 1.54) is 25.5 Å². The van der Waals surface area contributed by atoms with Crippen LogP contribution in [0.25, 0.3) is 0 Å². The van der Waals surface area contributed by atoms with E-state index in [1.54, 1.807) is 43.5 Å². The number of aliphatic hydroxyl groups is 1. The Morgan fingerprint density at radius 1 is 1.04 bits per heavy atom. The highest BCUT2D eigenvalue weighted by molar-refractivity contribution is 5.29. The highest BCUT2D eigenvalue weighted by Crippen LogP contribution is 2.38. The Balaban J connectivity index is 0.000000197. The lowest BCUT2D eigenvalue weighted by atomic mass is 10.0. The fourth-order valence-electron chi connectivity index (χ4n) is 4.00. The third-order valence-corrected chi connectivity index (χ3v) is 5.42. The molecule has 1 aliphatic heterocycles. The monoisotopic (exact) mass is 372 g/mol. The van der Waals surface area contributed by atoms with Gasteiger partial charge in [-0.25, -0.2) is 0 Å². The van der Waals surface area contributed by atoms with Crippen LogP contribution in [0.5, 0.6) is 17.2 Å². The fraction of sp³-hybridized carbons (Fsp3) is 0.476. The van der Waals surface area contributed by atoms with E-state index in [-0.39, 0.29) is 11.5 Å². The number of phenols is 1. The summed E-state index contributed by atoms with van der Waals surface area (Å²) in [6, 6.07) is 9.84. The molecule has 1 unspecified atom stereocenters. The molecule has 1 aromatic heterocycles. The zero-order valence-electron chi connectivity index (χ0n) is 15.7. The summed E-state index contributed by atoms with van der Waals surface area (Å²) in [5.74, 6) is 2.86. The van der Waals surface area contributed by atoms with Gasteiger partial charge in [0, 0.05) is 19.6 Å². The molecule has 146 valence electrons. The lowest BCUT2D eigenvalue weighted by Crippen LogP contribution is -2.27. The van der Waals surface area contributed by atoms with E-state index in [0.717, 1.165) is 30.7 Å². The number of rotatable bonds is 4. The van der Waals surface area contributed by atoms with Crippen LogP contribution >= 0.6 is 0 Å². The third-order valence-electron chi connectivity index (χ3n) is 5.42. The topological polar surface area (TPSA) is 86.0 Å². The van der Waals surface area contributed by atoms with Crippen LogP contribution in [-0.2, 0) is 0 Å². The van der Waals surface area contributed by atoms with E-state index in [9.17, 15) is 10.2 Å². The molecule has 2 aliphatic rings. The number of phenolic OH excluding ortho intramolecular Hbond substituents is 1. The second-order valence-corrected chi connectivity index (χ2v) is 7.32. The number of hydrogen-bond acceptors (Lipinski definition) is 6. The molecule has 3 N–H and O–H groups in total. The minimum atomic E-state index is -0.551. The highest BCUT2D eigenvalue weighted by atomic mass is 16.5. The predicted molar refractivity (Wildman–Crippen MR) is 103 cm³/mol. The van der Waals surface area contributed by atoms with Gasteiger partial charge in [0.2, 0.25) is 0 Å². The predicted octanol–water partition coefficient (Wildman–Crippen LogP) is 2.95. The summed E-state index contributed by atoms with van der Waals surface area (Å²) < 4.78 is 4.86. The number of aromatic nitrogens is 1. The van der Waals surface area contributed by atoms with Crippen molar-refractivity contribution in [1.29, 1.82) is 0 Å². The number of benzene rings is 1. The van der Waals surface area contributed by atoms with Gasteiger partial charge in [0.1, 0.15) is 23.4 Å². The number of likely N-dealkylation sites (tertiary alicyclic amines) is 1. The van der Waals surface area contributed by atoms with Crippen LogP contribution in [-0.4, -0.2) is 51.9 Å². The van der Waals surface area contributed by atoms with E-state index in [0.29, 0.717) is 12.2 Å². The van der Waals surface area contributed by atoms with Gasteiger partial charge in [0.25, 0.3) is 0 Å². The van der Waals surface area contributed by atoms with Gasteiger partial charge in [0.15, 0.2) is 0 Å². The lowest BCUT2D eigenvalue weighted by molar-refractivity contribution is 0.118. The molecule has 1 aliphatic carbocycles. The Morgan fingerprint density at radius 3 is 2.22 bits per heavy atom. The smallest absolute Gasteiger partial charge is 0.133 e. The maximum Gasteiger partial charge on any atom is 0.133 e. The van der Waals surface area contributed by atoms with Crippen LogP contribution in [0.4, 0.5) is 0 Å². The number of methoxy groups -OCH3 is 1. The Labute approximate surface area is 160 Å². The van der Waals surface area contributed by atoms with Gasteiger partial charge in [-0.05, 0) is 61.1 Å². The molecule has 0 spiro atoms. The molecular formula is C21H28N2O4. The van der Waals surface area contributed by atoms with Crippen molar-refractivity contribution in [3.05, 3.63) is 48.3 Å². The molecule has 1 saturated carbocycles. The molecule has 2 heterocycles. The standard InChI is InChI=1S/C14H20N2O2.C7H8O2/c17-12-4-5-13(15-6-12)14(18)9-16-7-10-2-1-3-11(10)8-16;1-9-7-4-2-6(8)3-5-7/h4-6,10-11,14,17-18H,1-3,7-9H2;2-5,8H,1H3/t10-,11+,14?;. The van der Waals surface area contributed by atoms with Gasteiger partial charge in [0.05, 0.1) is 19.0 Å². The Kier molecular flexibility index (Phi) is 6.53. The van der Waals surface area contributed by atoms with Crippen molar-refractivity contribution in [1.82, 2.24) is 9.88 Å². The zero-order chi connectivity index (χ0) is 19.2.